The van der Waals surface area contributed by atoms with Crippen LogP contribution in [0.25, 0.3) is 0 Å². The molecule has 1 aromatic heterocycles. The first-order valence-corrected chi connectivity index (χ1v) is 8.26. The number of carbonyl (C=O) groups is 1. The monoisotopic (exact) mass is 326 g/mol. The zero-order chi connectivity index (χ0) is 16.8. The van der Waals surface area contributed by atoms with Gasteiger partial charge in [-0.1, -0.05) is 0 Å². The van der Waals surface area contributed by atoms with Gasteiger partial charge in [0.05, 0.1) is 25.9 Å². The van der Waals surface area contributed by atoms with Gasteiger partial charge < -0.3 is 14.8 Å². The largest absolute Gasteiger partial charge is 0.494 e. The van der Waals surface area contributed by atoms with E-state index in [1.165, 1.54) is 5.56 Å². The summed E-state index contributed by atoms with van der Waals surface area (Å²) in [5.41, 5.74) is 1.84. The highest BCUT2D eigenvalue weighted by Gasteiger charge is 2.29. The molecule has 5 heteroatoms. The molecule has 1 amide bonds. The quantitative estimate of drug-likeness (QED) is 0.886. The molecule has 126 valence electrons. The van der Waals surface area contributed by atoms with Crippen molar-refractivity contribution in [2.24, 2.45) is 5.92 Å². The van der Waals surface area contributed by atoms with E-state index in [0.29, 0.717) is 25.4 Å². The fraction of sp³-hybridized carbons (Fsp3) is 0.368. The summed E-state index contributed by atoms with van der Waals surface area (Å²) in [6.07, 6.45) is 4.45. The minimum absolute atomic E-state index is 0.0252. The highest BCUT2D eigenvalue weighted by molar-refractivity contribution is 5.94. The third kappa shape index (κ3) is 4.11. The molecule has 2 atom stereocenters. The van der Waals surface area contributed by atoms with Gasteiger partial charge in [-0.15, -0.1) is 0 Å². The van der Waals surface area contributed by atoms with Gasteiger partial charge in [0, 0.05) is 23.9 Å². The van der Waals surface area contributed by atoms with Gasteiger partial charge in [0.1, 0.15) is 5.75 Å². The summed E-state index contributed by atoms with van der Waals surface area (Å²) in [5, 5.41) is 3.10. The van der Waals surface area contributed by atoms with E-state index in [1.807, 2.05) is 31.2 Å². The maximum atomic E-state index is 12.5. The number of hydrogen-bond donors (Lipinski definition) is 1. The lowest BCUT2D eigenvalue weighted by atomic mass is 9.95. The van der Waals surface area contributed by atoms with Crippen LogP contribution in [0, 0.1) is 5.92 Å². The van der Waals surface area contributed by atoms with Gasteiger partial charge in [-0.2, -0.15) is 0 Å². The fourth-order valence-electron chi connectivity index (χ4n) is 2.90. The van der Waals surface area contributed by atoms with Crippen molar-refractivity contribution in [3.63, 3.8) is 0 Å². The molecule has 2 aromatic rings. The van der Waals surface area contributed by atoms with Gasteiger partial charge in [0.25, 0.3) is 5.91 Å². The number of nitrogens with one attached hydrogen (secondary N) is 1. The molecule has 24 heavy (non-hydrogen) atoms. The highest BCUT2D eigenvalue weighted by Crippen LogP contribution is 2.20. The van der Waals surface area contributed by atoms with Crippen molar-refractivity contribution < 1.29 is 14.3 Å². The molecule has 0 bridgehead atoms. The maximum absolute atomic E-state index is 12.5. The first-order chi connectivity index (χ1) is 11.8. The van der Waals surface area contributed by atoms with Crippen LogP contribution in [0.3, 0.4) is 0 Å². The number of rotatable bonds is 6. The van der Waals surface area contributed by atoms with Gasteiger partial charge in [0.2, 0.25) is 0 Å². The minimum atomic E-state index is -0.0757. The van der Waals surface area contributed by atoms with Gasteiger partial charge >= 0.3 is 0 Å². The Morgan fingerprint density at radius 3 is 2.67 bits per heavy atom. The number of hydrogen-bond acceptors (Lipinski definition) is 4. The topological polar surface area (TPSA) is 60.5 Å². The van der Waals surface area contributed by atoms with Crippen LogP contribution >= 0.6 is 0 Å². The Labute approximate surface area is 142 Å². The summed E-state index contributed by atoms with van der Waals surface area (Å²) in [5.74, 6) is 0.973. The molecule has 0 radical (unpaired) electrons. The first kappa shape index (κ1) is 16.5. The number of carbonyl (C=O) groups excluding carboxylic acids is 1. The van der Waals surface area contributed by atoms with Crippen LogP contribution < -0.4 is 10.1 Å². The molecule has 0 saturated carbocycles. The Balaban J connectivity index is 1.60. The summed E-state index contributed by atoms with van der Waals surface area (Å²) in [6, 6.07) is 11.2. The number of amides is 1. The summed E-state index contributed by atoms with van der Waals surface area (Å²) < 4.78 is 11.0. The summed E-state index contributed by atoms with van der Waals surface area (Å²) in [7, 11) is 0. The minimum Gasteiger partial charge on any atom is -0.494 e. The SMILES string of the molecule is CCOc1ccc(C(=O)N[C@@H]2COC[C@H]2Cc2ccncc2)cc1. The lowest BCUT2D eigenvalue weighted by Gasteiger charge is -2.19. The van der Waals surface area contributed by atoms with E-state index in [9.17, 15) is 4.79 Å². The zero-order valence-electron chi connectivity index (χ0n) is 13.8. The van der Waals surface area contributed by atoms with Crippen molar-refractivity contribution in [2.45, 2.75) is 19.4 Å². The molecule has 5 nitrogen and oxygen atoms in total. The smallest absolute Gasteiger partial charge is 0.251 e. The van der Waals surface area contributed by atoms with Crippen molar-refractivity contribution in [3.05, 3.63) is 59.9 Å². The molecule has 1 N–H and O–H groups in total. The first-order valence-electron chi connectivity index (χ1n) is 8.26. The maximum Gasteiger partial charge on any atom is 0.251 e. The number of aromatic nitrogens is 1. The zero-order valence-corrected chi connectivity index (χ0v) is 13.8. The molecular weight excluding hydrogens is 304 g/mol. The van der Waals surface area contributed by atoms with Gasteiger partial charge in [0.15, 0.2) is 0 Å². The lowest BCUT2D eigenvalue weighted by Crippen LogP contribution is -2.40. The average Bonchev–Trinajstić information content (AvgIpc) is 3.03. The second-order valence-corrected chi connectivity index (χ2v) is 5.89. The Kier molecular flexibility index (Phi) is 5.43. The Morgan fingerprint density at radius 2 is 1.96 bits per heavy atom. The molecular formula is C19H22N2O3. The predicted octanol–water partition coefficient (Wildman–Crippen LogP) is 2.47. The molecule has 1 aliphatic heterocycles. The van der Waals surface area contributed by atoms with E-state index in [2.05, 4.69) is 10.3 Å². The van der Waals surface area contributed by atoms with E-state index >= 15 is 0 Å². The van der Waals surface area contributed by atoms with E-state index < -0.39 is 0 Å². The fourth-order valence-corrected chi connectivity index (χ4v) is 2.90. The Hall–Kier alpha value is -2.40. The predicted molar refractivity (Wildman–Crippen MR) is 91.1 cm³/mol. The van der Waals surface area contributed by atoms with Gasteiger partial charge in [-0.05, 0) is 55.3 Å². The van der Waals surface area contributed by atoms with Crippen molar-refractivity contribution in [2.75, 3.05) is 19.8 Å². The second-order valence-electron chi connectivity index (χ2n) is 5.89. The third-order valence-electron chi connectivity index (χ3n) is 4.19. The van der Waals surface area contributed by atoms with Crippen molar-refractivity contribution >= 4 is 5.91 Å². The number of pyridine rings is 1. The molecule has 1 aliphatic rings. The van der Waals surface area contributed by atoms with Crippen molar-refractivity contribution in [1.82, 2.24) is 10.3 Å². The average molecular weight is 326 g/mol. The normalized spacial score (nSPS) is 19.9. The second kappa shape index (κ2) is 7.93. The summed E-state index contributed by atoms with van der Waals surface area (Å²) in [4.78, 5) is 16.5. The van der Waals surface area contributed by atoms with Crippen molar-refractivity contribution in [1.29, 1.82) is 0 Å². The van der Waals surface area contributed by atoms with Gasteiger partial charge in [-0.3, -0.25) is 9.78 Å². The van der Waals surface area contributed by atoms with Crippen LogP contribution in [0.4, 0.5) is 0 Å². The van der Waals surface area contributed by atoms with Crippen LogP contribution in [0.2, 0.25) is 0 Å². The van der Waals surface area contributed by atoms with Crippen LogP contribution in [0.1, 0.15) is 22.8 Å². The van der Waals surface area contributed by atoms with Crippen LogP contribution in [-0.2, 0) is 11.2 Å². The van der Waals surface area contributed by atoms with Crippen LogP contribution in [0.5, 0.6) is 5.75 Å². The molecule has 0 spiro atoms. The van der Waals surface area contributed by atoms with Crippen LogP contribution in [-0.4, -0.2) is 36.8 Å². The molecule has 0 unspecified atom stereocenters. The lowest BCUT2D eigenvalue weighted by molar-refractivity contribution is 0.0925. The third-order valence-corrected chi connectivity index (χ3v) is 4.19. The molecule has 0 aliphatic carbocycles. The number of benzene rings is 1. The Morgan fingerprint density at radius 1 is 1.21 bits per heavy atom. The molecule has 1 aromatic carbocycles. The number of ether oxygens (including phenoxy) is 2. The van der Waals surface area contributed by atoms with E-state index in [4.69, 9.17) is 9.47 Å². The Bertz CT molecular complexity index is 658. The molecule has 1 saturated heterocycles. The van der Waals surface area contributed by atoms with Gasteiger partial charge in [-0.25, -0.2) is 0 Å². The molecule has 3 rings (SSSR count). The van der Waals surface area contributed by atoms with Crippen LogP contribution in [0.15, 0.2) is 48.8 Å². The molecule has 2 heterocycles. The number of nitrogens with zero attached hydrogens (tertiary/aromatic N) is 1. The summed E-state index contributed by atoms with van der Waals surface area (Å²) >= 11 is 0. The van der Waals surface area contributed by atoms with E-state index in [-0.39, 0.29) is 17.9 Å². The van der Waals surface area contributed by atoms with E-state index in [1.54, 1.807) is 24.5 Å². The standard InChI is InChI=1S/C19H22N2O3/c1-2-24-17-5-3-15(4-6-17)19(22)21-18-13-23-12-16(18)11-14-7-9-20-10-8-14/h3-10,16,18H,2,11-13H2,1H3,(H,21,22)/t16-,18-/m1/s1. The van der Waals surface area contributed by atoms with Crippen molar-refractivity contribution in [3.8, 4) is 5.75 Å². The molecule has 1 fully saturated rings. The highest BCUT2D eigenvalue weighted by atomic mass is 16.5. The van der Waals surface area contributed by atoms with E-state index in [0.717, 1.165) is 12.2 Å². The summed E-state index contributed by atoms with van der Waals surface area (Å²) in [6.45, 7) is 3.76.